The van der Waals surface area contributed by atoms with Crippen molar-refractivity contribution in [2.45, 2.75) is 32.6 Å². The fourth-order valence-electron chi connectivity index (χ4n) is 3.00. The topological polar surface area (TPSA) is 0 Å². The molecule has 3 aromatic carbocycles. The third kappa shape index (κ3) is 5.16. The molecule has 0 aromatic heterocycles. The van der Waals surface area contributed by atoms with Gasteiger partial charge in [0.1, 0.15) is 5.82 Å². The molecular formula is C25H25F. The second kappa shape index (κ2) is 9.15. The molecule has 0 amide bonds. The lowest BCUT2D eigenvalue weighted by Gasteiger charge is -2.05. The predicted molar refractivity (Wildman–Crippen MR) is 110 cm³/mol. The van der Waals surface area contributed by atoms with E-state index in [0.717, 1.165) is 11.1 Å². The molecule has 0 nitrogen and oxygen atoms in total. The first-order valence-corrected chi connectivity index (χ1v) is 9.37. The van der Waals surface area contributed by atoms with Gasteiger partial charge in [0.15, 0.2) is 0 Å². The summed E-state index contributed by atoms with van der Waals surface area (Å²) in [5.41, 5.74) is 6.02. The average Bonchev–Trinajstić information content (AvgIpc) is 2.69. The third-order valence-electron chi connectivity index (χ3n) is 4.61. The average molecular weight is 344 g/mol. The molecule has 0 fully saturated rings. The minimum atomic E-state index is -0.206. The van der Waals surface area contributed by atoms with Crippen molar-refractivity contribution in [1.29, 1.82) is 0 Å². The summed E-state index contributed by atoms with van der Waals surface area (Å²) in [7, 11) is 0. The van der Waals surface area contributed by atoms with E-state index in [0.29, 0.717) is 0 Å². The van der Waals surface area contributed by atoms with Crippen LogP contribution in [0.15, 0.2) is 72.8 Å². The minimum Gasteiger partial charge on any atom is -0.207 e. The lowest BCUT2D eigenvalue weighted by molar-refractivity contribution is 0.628. The molecule has 0 saturated heterocycles. The second-order valence-electron chi connectivity index (χ2n) is 6.66. The highest BCUT2D eigenvalue weighted by atomic mass is 19.1. The van der Waals surface area contributed by atoms with Crippen molar-refractivity contribution in [2.24, 2.45) is 0 Å². The molecule has 0 bridgehead atoms. The molecule has 0 aliphatic carbocycles. The Labute approximate surface area is 156 Å². The van der Waals surface area contributed by atoms with Crippen LogP contribution in [0.25, 0.3) is 23.3 Å². The van der Waals surface area contributed by atoms with Gasteiger partial charge in [-0.1, -0.05) is 92.6 Å². The first-order chi connectivity index (χ1) is 12.7. The molecule has 0 atom stereocenters. The second-order valence-corrected chi connectivity index (χ2v) is 6.66. The van der Waals surface area contributed by atoms with E-state index in [1.165, 1.54) is 54.5 Å². The Hall–Kier alpha value is -2.67. The van der Waals surface area contributed by atoms with Crippen LogP contribution in [-0.4, -0.2) is 0 Å². The molecule has 0 aliphatic heterocycles. The monoisotopic (exact) mass is 344 g/mol. The molecule has 0 unspecified atom stereocenters. The SMILES string of the molecule is CCCCCc1ccc(-c2ccc(/C=C/c3ccc(F)cc3)cc2)cc1. The number of rotatable bonds is 7. The van der Waals surface area contributed by atoms with Gasteiger partial charge in [-0.05, 0) is 52.8 Å². The quantitative estimate of drug-likeness (QED) is 0.309. The largest absolute Gasteiger partial charge is 0.207 e. The standard InChI is InChI=1S/C25H25F/c1-2-3-4-5-20-8-14-23(15-9-20)24-16-10-21(11-17-24)6-7-22-12-18-25(26)19-13-22/h6-19H,2-5H2,1H3/b7-6+. The maximum atomic E-state index is 12.9. The number of unbranched alkanes of at least 4 members (excludes halogenated alkanes) is 2. The Morgan fingerprint density at radius 1 is 0.654 bits per heavy atom. The Kier molecular flexibility index (Phi) is 6.38. The van der Waals surface area contributed by atoms with E-state index >= 15 is 0 Å². The molecule has 0 radical (unpaired) electrons. The number of hydrogen-bond donors (Lipinski definition) is 0. The summed E-state index contributed by atoms with van der Waals surface area (Å²) >= 11 is 0. The lowest BCUT2D eigenvalue weighted by atomic mass is 10.0. The van der Waals surface area contributed by atoms with E-state index in [2.05, 4.69) is 55.5 Å². The highest BCUT2D eigenvalue weighted by molar-refractivity contribution is 5.72. The van der Waals surface area contributed by atoms with Crippen LogP contribution in [0, 0.1) is 5.82 Å². The summed E-state index contributed by atoms with van der Waals surface area (Å²) in [5.74, 6) is -0.206. The fraction of sp³-hybridized carbons (Fsp3) is 0.200. The van der Waals surface area contributed by atoms with Crippen LogP contribution in [0.4, 0.5) is 4.39 Å². The molecule has 0 spiro atoms. The van der Waals surface area contributed by atoms with Gasteiger partial charge in [-0.15, -0.1) is 0 Å². The van der Waals surface area contributed by atoms with Crippen LogP contribution in [0.3, 0.4) is 0 Å². The van der Waals surface area contributed by atoms with E-state index in [1.807, 2.05) is 12.2 Å². The molecule has 26 heavy (non-hydrogen) atoms. The Bertz CT molecular complexity index is 825. The van der Waals surface area contributed by atoms with Gasteiger partial charge < -0.3 is 0 Å². The molecule has 132 valence electrons. The smallest absolute Gasteiger partial charge is 0.123 e. The summed E-state index contributed by atoms with van der Waals surface area (Å²) in [4.78, 5) is 0. The van der Waals surface area contributed by atoms with Gasteiger partial charge in [0.25, 0.3) is 0 Å². The summed E-state index contributed by atoms with van der Waals surface area (Å²) in [6.45, 7) is 2.24. The van der Waals surface area contributed by atoms with Crippen molar-refractivity contribution in [1.82, 2.24) is 0 Å². The van der Waals surface area contributed by atoms with Crippen LogP contribution < -0.4 is 0 Å². The van der Waals surface area contributed by atoms with Gasteiger partial charge in [0.2, 0.25) is 0 Å². The van der Waals surface area contributed by atoms with Crippen LogP contribution in [0.2, 0.25) is 0 Å². The number of benzene rings is 3. The van der Waals surface area contributed by atoms with E-state index in [9.17, 15) is 4.39 Å². The van der Waals surface area contributed by atoms with Crippen LogP contribution in [0.1, 0.15) is 42.9 Å². The van der Waals surface area contributed by atoms with Crippen molar-refractivity contribution in [3.8, 4) is 11.1 Å². The molecular weight excluding hydrogens is 319 g/mol. The zero-order valence-corrected chi connectivity index (χ0v) is 15.3. The zero-order valence-electron chi connectivity index (χ0n) is 15.3. The summed E-state index contributed by atoms with van der Waals surface area (Å²) in [5, 5.41) is 0. The third-order valence-corrected chi connectivity index (χ3v) is 4.61. The number of hydrogen-bond acceptors (Lipinski definition) is 0. The van der Waals surface area contributed by atoms with Gasteiger partial charge in [-0.2, -0.15) is 0 Å². The Morgan fingerprint density at radius 3 is 1.69 bits per heavy atom. The summed E-state index contributed by atoms with van der Waals surface area (Å²) < 4.78 is 12.9. The maximum Gasteiger partial charge on any atom is 0.123 e. The van der Waals surface area contributed by atoms with E-state index in [-0.39, 0.29) is 5.82 Å². The van der Waals surface area contributed by atoms with Crippen molar-refractivity contribution in [3.05, 3.63) is 95.3 Å². The molecule has 0 N–H and O–H groups in total. The highest BCUT2D eigenvalue weighted by Crippen LogP contribution is 2.22. The van der Waals surface area contributed by atoms with E-state index in [4.69, 9.17) is 0 Å². The van der Waals surface area contributed by atoms with Crippen LogP contribution >= 0.6 is 0 Å². The van der Waals surface area contributed by atoms with Gasteiger partial charge in [0.05, 0.1) is 0 Å². The van der Waals surface area contributed by atoms with Gasteiger partial charge in [-0.3, -0.25) is 0 Å². The van der Waals surface area contributed by atoms with Crippen molar-refractivity contribution in [2.75, 3.05) is 0 Å². The minimum absolute atomic E-state index is 0.206. The maximum absolute atomic E-state index is 12.9. The molecule has 3 aromatic rings. The summed E-state index contributed by atoms with van der Waals surface area (Å²) in [6, 6.07) is 24.0. The highest BCUT2D eigenvalue weighted by Gasteiger charge is 1.99. The van der Waals surface area contributed by atoms with Gasteiger partial charge in [-0.25, -0.2) is 4.39 Å². The number of aryl methyl sites for hydroxylation is 1. The molecule has 0 heterocycles. The van der Waals surface area contributed by atoms with Crippen molar-refractivity contribution < 1.29 is 4.39 Å². The first kappa shape index (κ1) is 18.1. The Balaban J connectivity index is 1.64. The number of halogens is 1. The molecule has 1 heteroatoms. The molecule has 0 saturated carbocycles. The van der Waals surface area contributed by atoms with Crippen LogP contribution in [0.5, 0.6) is 0 Å². The zero-order chi connectivity index (χ0) is 18.2. The first-order valence-electron chi connectivity index (χ1n) is 9.37. The Morgan fingerprint density at radius 2 is 1.15 bits per heavy atom. The van der Waals surface area contributed by atoms with Gasteiger partial charge in [0, 0.05) is 0 Å². The van der Waals surface area contributed by atoms with Crippen LogP contribution in [-0.2, 0) is 6.42 Å². The summed E-state index contributed by atoms with van der Waals surface area (Å²) in [6.07, 6.45) is 9.05. The molecule has 3 rings (SSSR count). The van der Waals surface area contributed by atoms with E-state index in [1.54, 1.807) is 12.1 Å². The predicted octanol–water partition coefficient (Wildman–Crippen LogP) is 7.40. The molecule has 0 aliphatic rings. The fourth-order valence-corrected chi connectivity index (χ4v) is 3.00. The lowest BCUT2D eigenvalue weighted by Crippen LogP contribution is -1.86. The van der Waals surface area contributed by atoms with Crippen molar-refractivity contribution >= 4 is 12.2 Å². The van der Waals surface area contributed by atoms with Crippen molar-refractivity contribution in [3.63, 3.8) is 0 Å². The van der Waals surface area contributed by atoms with E-state index < -0.39 is 0 Å². The van der Waals surface area contributed by atoms with Gasteiger partial charge >= 0.3 is 0 Å². The normalized spacial score (nSPS) is 11.2.